The van der Waals surface area contributed by atoms with Crippen molar-refractivity contribution in [3.63, 3.8) is 0 Å². The van der Waals surface area contributed by atoms with Crippen LogP contribution in [0.1, 0.15) is 39.2 Å². The number of nitriles is 1. The van der Waals surface area contributed by atoms with Gasteiger partial charge >= 0.3 is 0 Å². The highest BCUT2D eigenvalue weighted by atomic mass is 35.5. The van der Waals surface area contributed by atoms with E-state index < -0.39 is 26.9 Å². The molecule has 2 atom stereocenters. The highest BCUT2D eigenvalue weighted by molar-refractivity contribution is 7.84. The smallest absolute Gasteiger partial charge is 0.276 e. The molecule has 0 aromatic heterocycles. The maximum atomic E-state index is 12.7. The molecule has 0 radical (unpaired) electrons. The molecule has 0 aliphatic carbocycles. The quantitative estimate of drug-likeness (QED) is 0.720. The van der Waals surface area contributed by atoms with Gasteiger partial charge in [-0.25, -0.2) is 8.93 Å². The zero-order valence-electron chi connectivity index (χ0n) is 16.2. The van der Waals surface area contributed by atoms with Crippen LogP contribution >= 0.6 is 11.6 Å². The largest absolute Gasteiger partial charge is 0.453 e. The fourth-order valence-electron chi connectivity index (χ4n) is 3.18. The van der Waals surface area contributed by atoms with Crippen molar-refractivity contribution in [3.05, 3.63) is 47.4 Å². The van der Waals surface area contributed by atoms with E-state index in [-0.39, 0.29) is 6.04 Å². The van der Waals surface area contributed by atoms with Gasteiger partial charge in [-0.05, 0) is 39.3 Å². The summed E-state index contributed by atoms with van der Waals surface area (Å²) in [7, 11) is -1.32. The van der Waals surface area contributed by atoms with Gasteiger partial charge in [0.25, 0.3) is 5.79 Å². The Kier molecular flexibility index (Phi) is 6.06. The van der Waals surface area contributed by atoms with E-state index in [1.165, 1.54) is 12.5 Å². The predicted octanol–water partition coefficient (Wildman–Crippen LogP) is 3.75. The molecule has 0 bridgehead atoms. The maximum Gasteiger partial charge on any atom is 0.276 e. The van der Waals surface area contributed by atoms with Crippen molar-refractivity contribution >= 4 is 22.6 Å². The zero-order valence-corrected chi connectivity index (χ0v) is 17.8. The summed E-state index contributed by atoms with van der Waals surface area (Å²) in [5.41, 5.74) is 0.0687. The van der Waals surface area contributed by atoms with Gasteiger partial charge in [-0.1, -0.05) is 23.7 Å². The van der Waals surface area contributed by atoms with E-state index in [1.54, 1.807) is 12.1 Å². The van der Waals surface area contributed by atoms with Gasteiger partial charge in [0.15, 0.2) is 0 Å². The average Bonchev–Trinajstić information content (AvgIpc) is 3.08. The summed E-state index contributed by atoms with van der Waals surface area (Å²) in [5, 5.41) is 10.4. The lowest BCUT2D eigenvalue weighted by molar-refractivity contribution is -0.162. The predicted molar refractivity (Wildman–Crippen MR) is 107 cm³/mol. The van der Waals surface area contributed by atoms with Crippen LogP contribution < -0.4 is 4.72 Å². The number of nitrogens with zero attached hydrogens (tertiary/aromatic N) is 1. The molecule has 1 aromatic rings. The number of ether oxygens (including phenoxy) is 3. The second-order valence-electron chi connectivity index (χ2n) is 8.12. The molecule has 3 rings (SSSR count). The Morgan fingerprint density at radius 2 is 2.00 bits per heavy atom. The maximum absolute atomic E-state index is 12.7. The Hall–Kier alpha value is -1.59. The van der Waals surface area contributed by atoms with E-state index in [1.807, 2.05) is 32.9 Å². The summed E-state index contributed by atoms with van der Waals surface area (Å²) in [6.45, 7) is 6.30. The number of halogens is 1. The fraction of sp³-hybridized carbons (Fsp3) is 0.550. The van der Waals surface area contributed by atoms with Crippen molar-refractivity contribution in [2.24, 2.45) is 5.41 Å². The molecule has 2 aliphatic heterocycles. The van der Waals surface area contributed by atoms with Crippen LogP contribution in [0.25, 0.3) is 0 Å². The van der Waals surface area contributed by atoms with Crippen molar-refractivity contribution in [2.75, 3.05) is 13.2 Å². The van der Waals surface area contributed by atoms with E-state index >= 15 is 0 Å². The fourth-order valence-corrected chi connectivity index (χ4v) is 4.33. The van der Waals surface area contributed by atoms with Gasteiger partial charge in [-0.15, -0.1) is 0 Å². The van der Waals surface area contributed by atoms with E-state index in [4.69, 9.17) is 25.8 Å². The van der Waals surface area contributed by atoms with Crippen molar-refractivity contribution in [2.45, 2.75) is 50.2 Å². The van der Waals surface area contributed by atoms with E-state index in [0.29, 0.717) is 31.1 Å². The number of benzene rings is 1. The molecule has 2 heterocycles. The second kappa shape index (κ2) is 8.03. The molecule has 28 heavy (non-hydrogen) atoms. The Balaban J connectivity index is 1.82. The van der Waals surface area contributed by atoms with Crippen molar-refractivity contribution in [1.82, 2.24) is 4.72 Å². The lowest BCUT2D eigenvalue weighted by Gasteiger charge is -2.43. The minimum absolute atomic E-state index is 0.312. The highest BCUT2D eigenvalue weighted by Crippen LogP contribution is 2.41. The van der Waals surface area contributed by atoms with Gasteiger partial charge in [0.2, 0.25) is 0 Å². The van der Waals surface area contributed by atoms with Gasteiger partial charge in [0.1, 0.15) is 17.9 Å². The van der Waals surface area contributed by atoms with Crippen molar-refractivity contribution in [3.8, 4) is 6.07 Å². The summed E-state index contributed by atoms with van der Waals surface area (Å²) in [6.07, 6.45) is 3.96. The summed E-state index contributed by atoms with van der Waals surface area (Å²) in [5.74, 6) is -1.02. The highest BCUT2D eigenvalue weighted by Gasteiger charge is 2.49. The first kappa shape index (κ1) is 21.1. The molecule has 1 aromatic carbocycles. The van der Waals surface area contributed by atoms with Crippen LogP contribution in [-0.2, 0) is 31.0 Å². The normalized spacial score (nSPS) is 21.7. The van der Waals surface area contributed by atoms with Crippen LogP contribution in [0.15, 0.2) is 36.8 Å². The molecule has 8 heteroatoms. The average molecular weight is 425 g/mol. The molecule has 6 nitrogen and oxygen atoms in total. The molecule has 1 saturated heterocycles. The zero-order chi connectivity index (χ0) is 20.4. The molecular formula is C20H25ClN2O4S. The van der Waals surface area contributed by atoms with Gasteiger partial charge in [0, 0.05) is 23.0 Å². The summed E-state index contributed by atoms with van der Waals surface area (Å²) >= 11 is 6.15. The topological polar surface area (TPSA) is 80.6 Å². The number of nitrogens with one attached hydrogen (secondary N) is 1. The van der Waals surface area contributed by atoms with Crippen LogP contribution in [0.5, 0.6) is 0 Å². The third-order valence-corrected chi connectivity index (χ3v) is 6.86. The molecule has 1 fully saturated rings. The minimum atomic E-state index is -1.32. The van der Waals surface area contributed by atoms with Gasteiger partial charge in [-0.3, -0.25) is 0 Å². The van der Waals surface area contributed by atoms with Crippen molar-refractivity contribution in [1.29, 1.82) is 5.26 Å². The summed E-state index contributed by atoms with van der Waals surface area (Å²) in [6, 6.07) is 9.35. The van der Waals surface area contributed by atoms with Crippen LogP contribution in [0.3, 0.4) is 0 Å². The van der Waals surface area contributed by atoms with Crippen LogP contribution in [-0.4, -0.2) is 28.2 Å². The lowest BCUT2D eigenvalue weighted by Crippen LogP contribution is -2.58. The lowest BCUT2D eigenvalue weighted by atomic mass is 9.77. The standard InChI is InChI=1S/C20H25ClN2O4S/c1-18(2,3)28(24)23-17(19(12-22)13-25-14-19)7-8-20(26-9-10-27-20)15-5-4-6-16(21)11-15/h4-6,9-11,17,23H,7-8,13-14H2,1-3H3/t17-,28+/m1/s1. The van der Waals surface area contributed by atoms with Gasteiger partial charge < -0.3 is 14.2 Å². The Labute approximate surface area is 173 Å². The summed E-state index contributed by atoms with van der Waals surface area (Å²) in [4.78, 5) is 0. The van der Waals surface area contributed by atoms with E-state index in [9.17, 15) is 9.47 Å². The van der Waals surface area contributed by atoms with Crippen LogP contribution in [0.4, 0.5) is 0 Å². The van der Waals surface area contributed by atoms with E-state index in [0.717, 1.165) is 5.56 Å². The number of hydrogen-bond acceptors (Lipinski definition) is 5. The Morgan fingerprint density at radius 3 is 2.50 bits per heavy atom. The first-order valence-corrected chi connectivity index (χ1v) is 10.7. The third kappa shape index (κ3) is 4.20. The van der Waals surface area contributed by atoms with E-state index in [2.05, 4.69) is 10.8 Å². The van der Waals surface area contributed by atoms with Gasteiger partial charge in [0.05, 0.1) is 35.0 Å². The van der Waals surface area contributed by atoms with Crippen LogP contribution in [0, 0.1) is 16.7 Å². The molecular weight excluding hydrogens is 400 g/mol. The Bertz CT molecular complexity index is 803. The molecule has 0 amide bonds. The number of rotatable bonds is 7. The first-order chi connectivity index (χ1) is 13.2. The molecule has 0 spiro atoms. The van der Waals surface area contributed by atoms with Crippen LogP contribution in [0.2, 0.25) is 5.02 Å². The molecule has 152 valence electrons. The Morgan fingerprint density at radius 1 is 1.32 bits per heavy atom. The molecule has 0 saturated carbocycles. The van der Waals surface area contributed by atoms with Crippen molar-refractivity contribution < 1.29 is 18.4 Å². The third-order valence-electron chi connectivity index (χ3n) is 5.01. The SMILES string of the molecule is CC(C)(C)[S@](=O)N[C@H](CCC1(c2cccc(Cl)c2)OC=CO1)C1(C#N)COC1. The van der Waals surface area contributed by atoms with Gasteiger partial charge in [-0.2, -0.15) is 5.26 Å². The molecule has 1 N–H and O–H groups in total. The summed E-state index contributed by atoms with van der Waals surface area (Å²) < 4.78 is 32.4. The minimum Gasteiger partial charge on any atom is -0.453 e. The second-order valence-corrected chi connectivity index (χ2v) is 10.6. The monoisotopic (exact) mass is 424 g/mol. The molecule has 2 aliphatic rings. The molecule has 0 unspecified atom stereocenters. The number of hydrogen-bond donors (Lipinski definition) is 1. The first-order valence-electron chi connectivity index (χ1n) is 9.15.